The van der Waals surface area contributed by atoms with Gasteiger partial charge in [-0.1, -0.05) is 0 Å². The van der Waals surface area contributed by atoms with Crippen LogP contribution in [0.3, 0.4) is 0 Å². The number of hydrogen-bond acceptors (Lipinski definition) is 2. The SMILES string of the molecule is NCCc1c[nH]nc1C(F)(F)F. The lowest BCUT2D eigenvalue weighted by Crippen LogP contribution is -2.11. The quantitative estimate of drug-likeness (QED) is 0.709. The smallest absolute Gasteiger partial charge is 0.330 e. The maximum absolute atomic E-state index is 12.1. The molecular formula is C6H8F3N3. The summed E-state index contributed by atoms with van der Waals surface area (Å²) in [6.45, 7) is 0.183. The summed E-state index contributed by atoms with van der Waals surface area (Å²) in [6.07, 6.45) is -2.98. The van der Waals surface area contributed by atoms with Crippen molar-refractivity contribution in [1.82, 2.24) is 10.2 Å². The minimum atomic E-state index is -4.38. The second-order valence-corrected chi connectivity index (χ2v) is 2.30. The number of aromatic amines is 1. The predicted molar refractivity (Wildman–Crippen MR) is 36.3 cm³/mol. The number of hydrogen-bond donors (Lipinski definition) is 2. The Hall–Kier alpha value is -1.04. The van der Waals surface area contributed by atoms with E-state index in [2.05, 4.69) is 10.2 Å². The van der Waals surface area contributed by atoms with Crippen LogP contribution in [0.25, 0.3) is 0 Å². The van der Waals surface area contributed by atoms with Crippen molar-refractivity contribution >= 4 is 0 Å². The zero-order valence-electron chi connectivity index (χ0n) is 6.15. The summed E-state index contributed by atoms with van der Waals surface area (Å²) in [7, 11) is 0. The van der Waals surface area contributed by atoms with Crippen molar-refractivity contribution in [1.29, 1.82) is 0 Å². The molecule has 0 unspecified atom stereocenters. The van der Waals surface area contributed by atoms with E-state index in [1.165, 1.54) is 6.20 Å². The van der Waals surface area contributed by atoms with Crippen LogP contribution in [0.2, 0.25) is 0 Å². The van der Waals surface area contributed by atoms with Crippen molar-refractivity contribution in [3.05, 3.63) is 17.5 Å². The van der Waals surface area contributed by atoms with Crippen LogP contribution in [0.15, 0.2) is 6.20 Å². The fourth-order valence-electron chi connectivity index (χ4n) is 0.906. The molecule has 0 radical (unpaired) electrons. The van der Waals surface area contributed by atoms with Crippen molar-refractivity contribution in [3.63, 3.8) is 0 Å². The molecule has 1 aromatic heterocycles. The first-order valence-electron chi connectivity index (χ1n) is 3.35. The number of aromatic nitrogens is 2. The Balaban J connectivity index is 2.91. The van der Waals surface area contributed by atoms with Gasteiger partial charge in [0.25, 0.3) is 0 Å². The Morgan fingerprint density at radius 3 is 2.67 bits per heavy atom. The van der Waals surface area contributed by atoms with Crippen LogP contribution in [0.5, 0.6) is 0 Å². The first kappa shape index (κ1) is 9.05. The summed E-state index contributed by atoms with van der Waals surface area (Å²) in [5, 5.41) is 5.26. The van der Waals surface area contributed by atoms with Crippen LogP contribution in [-0.2, 0) is 12.6 Å². The molecular weight excluding hydrogens is 171 g/mol. The lowest BCUT2D eigenvalue weighted by atomic mass is 10.2. The number of H-pyrrole nitrogens is 1. The van der Waals surface area contributed by atoms with Gasteiger partial charge in [-0.3, -0.25) is 5.10 Å². The molecule has 0 spiro atoms. The third-order valence-electron chi connectivity index (χ3n) is 1.40. The lowest BCUT2D eigenvalue weighted by molar-refractivity contribution is -0.141. The van der Waals surface area contributed by atoms with E-state index in [0.717, 1.165) is 0 Å². The highest BCUT2D eigenvalue weighted by atomic mass is 19.4. The highest BCUT2D eigenvalue weighted by Gasteiger charge is 2.35. The summed E-state index contributed by atoms with van der Waals surface area (Å²) in [5.74, 6) is 0. The molecule has 1 aromatic rings. The Kier molecular flexibility index (Phi) is 2.37. The maximum Gasteiger partial charge on any atom is 0.435 e. The highest BCUT2D eigenvalue weighted by Crippen LogP contribution is 2.29. The van der Waals surface area contributed by atoms with E-state index >= 15 is 0 Å². The van der Waals surface area contributed by atoms with Crippen LogP contribution in [-0.4, -0.2) is 16.7 Å². The fourth-order valence-corrected chi connectivity index (χ4v) is 0.906. The van der Waals surface area contributed by atoms with Crippen LogP contribution in [0, 0.1) is 0 Å². The van der Waals surface area contributed by atoms with E-state index in [4.69, 9.17) is 5.73 Å². The molecule has 0 aliphatic heterocycles. The van der Waals surface area contributed by atoms with Gasteiger partial charge >= 0.3 is 6.18 Å². The molecule has 0 aliphatic carbocycles. The molecule has 0 fully saturated rings. The van der Waals surface area contributed by atoms with Crippen LogP contribution < -0.4 is 5.73 Å². The van der Waals surface area contributed by atoms with Gasteiger partial charge in [-0.15, -0.1) is 0 Å². The predicted octanol–water partition coefficient (Wildman–Crippen LogP) is 0.930. The highest BCUT2D eigenvalue weighted by molar-refractivity contribution is 5.19. The summed E-state index contributed by atoms with van der Waals surface area (Å²) in [6, 6.07) is 0. The number of nitrogens with one attached hydrogen (secondary N) is 1. The Morgan fingerprint density at radius 1 is 1.50 bits per heavy atom. The van der Waals surface area contributed by atoms with Crippen molar-refractivity contribution in [3.8, 4) is 0 Å². The summed E-state index contributed by atoms with van der Waals surface area (Å²) >= 11 is 0. The molecule has 6 heteroatoms. The van der Waals surface area contributed by atoms with Gasteiger partial charge in [-0.2, -0.15) is 18.3 Å². The first-order valence-corrected chi connectivity index (χ1v) is 3.35. The van der Waals surface area contributed by atoms with Crippen LogP contribution >= 0.6 is 0 Å². The minimum Gasteiger partial charge on any atom is -0.330 e. The van der Waals surface area contributed by atoms with Crippen LogP contribution in [0.1, 0.15) is 11.3 Å². The van der Waals surface area contributed by atoms with E-state index in [1.807, 2.05) is 0 Å². The molecule has 1 rings (SSSR count). The number of nitrogens with zero attached hydrogens (tertiary/aromatic N) is 1. The molecule has 0 aliphatic rings. The van der Waals surface area contributed by atoms with Crippen molar-refractivity contribution in [2.45, 2.75) is 12.6 Å². The Labute approximate surface area is 66.8 Å². The van der Waals surface area contributed by atoms with Gasteiger partial charge in [-0.25, -0.2) is 0 Å². The van der Waals surface area contributed by atoms with Crippen LogP contribution in [0.4, 0.5) is 13.2 Å². The molecule has 0 saturated heterocycles. The Bertz CT molecular complexity index is 253. The van der Waals surface area contributed by atoms with Gasteiger partial charge in [0.15, 0.2) is 5.69 Å². The first-order chi connectivity index (χ1) is 5.55. The molecule has 0 saturated carbocycles. The van der Waals surface area contributed by atoms with Gasteiger partial charge in [0.2, 0.25) is 0 Å². The normalized spacial score (nSPS) is 12.0. The standard InChI is InChI=1S/C6H8F3N3/c7-6(8,9)5-4(1-2-10)3-11-12-5/h3H,1-2,10H2,(H,11,12). The van der Waals surface area contributed by atoms with E-state index < -0.39 is 11.9 Å². The number of halogens is 3. The number of alkyl halides is 3. The van der Waals surface area contributed by atoms with Gasteiger partial charge in [0, 0.05) is 11.8 Å². The lowest BCUT2D eigenvalue weighted by Gasteiger charge is -2.03. The molecule has 12 heavy (non-hydrogen) atoms. The third kappa shape index (κ3) is 1.76. The van der Waals surface area contributed by atoms with E-state index in [-0.39, 0.29) is 18.5 Å². The van der Waals surface area contributed by atoms with Gasteiger partial charge in [-0.05, 0) is 13.0 Å². The summed E-state index contributed by atoms with van der Waals surface area (Å²) in [4.78, 5) is 0. The zero-order chi connectivity index (χ0) is 9.19. The van der Waals surface area contributed by atoms with E-state index in [9.17, 15) is 13.2 Å². The molecule has 0 bridgehead atoms. The van der Waals surface area contributed by atoms with E-state index in [1.54, 1.807) is 0 Å². The monoisotopic (exact) mass is 179 g/mol. The second kappa shape index (κ2) is 3.14. The largest absolute Gasteiger partial charge is 0.435 e. The third-order valence-corrected chi connectivity index (χ3v) is 1.40. The average Bonchev–Trinajstić information content (AvgIpc) is 2.34. The summed E-state index contributed by atoms with van der Waals surface area (Å²) < 4.78 is 36.2. The van der Waals surface area contributed by atoms with Gasteiger partial charge in [0.1, 0.15) is 0 Å². The second-order valence-electron chi connectivity index (χ2n) is 2.30. The molecule has 0 aromatic carbocycles. The molecule has 0 atom stereocenters. The number of nitrogens with two attached hydrogens (primary N) is 1. The van der Waals surface area contributed by atoms with Gasteiger partial charge in [0.05, 0.1) is 0 Å². The molecule has 0 amide bonds. The summed E-state index contributed by atoms with van der Waals surface area (Å²) in [5.41, 5.74) is 4.37. The Morgan fingerprint density at radius 2 is 2.17 bits per heavy atom. The van der Waals surface area contributed by atoms with E-state index in [0.29, 0.717) is 0 Å². The fraction of sp³-hybridized carbons (Fsp3) is 0.500. The molecule has 1 heterocycles. The topological polar surface area (TPSA) is 54.7 Å². The molecule has 3 nitrogen and oxygen atoms in total. The van der Waals surface area contributed by atoms with Crippen molar-refractivity contribution in [2.24, 2.45) is 5.73 Å². The van der Waals surface area contributed by atoms with Crippen molar-refractivity contribution in [2.75, 3.05) is 6.54 Å². The zero-order valence-corrected chi connectivity index (χ0v) is 6.15. The minimum absolute atomic E-state index is 0.116. The maximum atomic E-state index is 12.1. The number of rotatable bonds is 2. The van der Waals surface area contributed by atoms with Crippen molar-refractivity contribution < 1.29 is 13.2 Å². The van der Waals surface area contributed by atoms with Gasteiger partial charge < -0.3 is 5.73 Å². The molecule has 68 valence electrons. The average molecular weight is 179 g/mol. The molecule has 3 N–H and O–H groups in total.